The zero-order chi connectivity index (χ0) is 10.7. The molecule has 0 spiro atoms. The second-order valence-electron chi connectivity index (χ2n) is 3.14. The molecule has 2 rings (SSSR count). The van der Waals surface area contributed by atoms with E-state index in [0.29, 0.717) is 6.54 Å². The lowest BCUT2D eigenvalue weighted by molar-refractivity contribution is 0.763. The van der Waals surface area contributed by atoms with Crippen molar-refractivity contribution in [2.75, 3.05) is 7.05 Å². The van der Waals surface area contributed by atoms with Crippen molar-refractivity contribution in [1.29, 1.82) is 0 Å². The number of hydrogen-bond acceptors (Lipinski definition) is 3. The van der Waals surface area contributed by atoms with Gasteiger partial charge in [-0.3, -0.25) is 5.10 Å². The van der Waals surface area contributed by atoms with Gasteiger partial charge in [-0.15, -0.1) is 0 Å². The minimum atomic E-state index is 0.698. The van der Waals surface area contributed by atoms with E-state index in [9.17, 15) is 0 Å². The van der Waals surface area contributed by atoms with Crippen LogP contribution in [0.2, 0.25) is 0 Å². The van der Waals surface area contributed by atoms with Gasteiger partial charge in [0.1, 0.15) is 5.82 Å². The summed E-state index contributed by atoms with van der Waals surface area (Å²) in [5, 5.41) is 10.0. The molecule has 4 nitrogen and oxygen atoms in total. The maximum Gasteiger partial charge on any atom is 0.181 e. The highest BCUT2D eigenvalue weighted by Gasteiger charge is 2.04. The van der Waals surface area contributed by atoms with Crippen molar-refractivity contribution in [1.82, 2.24) is 20.5 Å². The van der Waals surface area contributed by atoms with E-state index in [2.05, 4.69) is 36.4 Å². The quantitative estimate of drug-likeness (QED) is 0.893. The van der Waals surface area contributed by atoms with Crippen LogP contribution in [0.3, 0.4) is 0 Å². The number of hydrogen-bond donors (Lipinski definition) is 2. The lowest BCUT2D eigenvalue weighted by Gasteiger charge is -1.94. The first-order valence-corrected chi connectivity index (χ1v) is 5.40. The van der Waals surface area contributed by atoms with E-state index < -0.39 is 0 Å². The molecule has 0 bridgehead atoms. The van der Waals surface area contributed by atoms with Crippen molar-refractivity contribution in [2.45, 2.75) is 6.54 Å². The average molecular weight is 267 g/mol. The fraction of sp³-hybridized carbons (Fsp3) is 0.200. The van der Waals surface area contributed by atoms with Gasteiger partial charge < -0.3 is 5.32 Å². The van der Waals surface area contributed by atoms with Gasteiger partial charge in [-0.25, -0.2) is 4.98 Å². The van der Waals surface area contributed by atoms with Crippen LogP contribution < -0.4 is 5.32 Å². The fourth-order valence-corrected chi connectivity index (χ4v) is 1.53. The van der Waals surface area contributed by atoms with Crippen LogP contribution in [0.25, 0.3) is 11.4 Å². The number of aromatic nitrogens is 3. The summed E-state index contributed by atoms with van der Waals surface area (Å²) in [6.07, 6.45) is 0. The SMILES string of the molecule is CNCc1nc(-c2ccc(Br)cc2)n[nH]1. The predicted octanol–water partition coefficient (Wildman–Crippen LogP) is 1.95. The molecule has 0 fully saturated rings. The van der Waals surface area contributed by atoms with Crippen LogP contribution in [0.1, 0.15) is 5.82 Å². The van der Waals surface area contributed by atoms with Gasteiger partial charge in [0, 0.05) is 10.0 Å². The van der Waals surface area contributed by atoms with E-state index in [1.54, 1.807) is 0 Å². The van der Waals surface area contributed by atoms with Gasteiger partial charge in [0.25, 0.3) is 0 Å². The van der Waals surface area contributed by atoms with Crippen LogP contribution in [0.4, 0.5) is 0 Å². The molecule has 0 atom stereocenters. The van der Waals surface area contributed by atoms with E-state index >= 15 is 0 Å². The number of nitrogens with one attached hydrogen (secondary N) is 2. The van der Waals surface area contributed by atoms with Crippen LogP contribution in [0.5, 0.6) is 0 Å². The normalized spacial score (nSPS) is 10.5. The summed E-state index contributed by atoms with van der Waals surface area (Å²) < 4.78 is 1.05. The molecule has 0 aliphatic rings. The van der Waals surface area contributed by atoms with Crippen molar-refractivity contribution in [3.8, 4) is 11.4 Å². The first-order chi connectivity index (χ1) is 7.29. The first-order valence-electron chi connectivity index (χ1n) is 4.61. The molecule has 1 aromatic heterocycles. The summed E-state index contributed by atoms with van der Waals surface area (Å²) in [6.45, 7) is 0.698. The van der Waals surface area contributed by atoms with Crippen molar-refractivity contribution in [3.05, 3.63) is 34.6 Å². The molecule has 0 radical (unpaired) electrons. The zero-order valence-electron chi connectivity index (χ0n) is 8.29. The number of benzene rings is 1. The predicted molar refractivity (Wildman–Crippen MR) is 62.3 cm³/mol. The standard InChI is InChI=1S/C10H11BrN4/c1-12-6-9-13-10(15-14-9)7-2-4-8(11)5-3-7/h2-5,12H,6H2,1H3,(H,13,14,15). The third-order valence-electron chi connectivity index (χ3n) is 1.98. The molecule has 1 heterocycles. The summed E-state index contributed by atoms with van der Waals surface area (Å²) in [7, 11) is 1.88. The van der Waals surface area contributed by atoms with E-state index in [1.807, 2.05) is 31.3 Å². The third-order valence-corrected chi connectivity index (χ3v) is 2.51. The monoisotopic (exact) mass is 266 g/mol. The van der Waals surface area contributed by atoms with Gasteiger partial charge in [0.2, 0.25) is 0 Å². The Bertz CT molecular complexity index is 435. The molecule has 78 valence electrons. The minimum Gasteiger partial charge on any atom is -0.313 e. The Morgan fingerprint density at radius 1 is 1.33 bits per heavy atom. The number of aromatic amines is 1. The second kappa shape index (κ2) is 4.55. The first kappa shape index (κ1) is 10.3. The topological polar surface area (TPSA) is 53.6 Å². The lowest BCUT2D eigenvalue weighted by Crippen LogP contribution is -2.06. The molecule has 2 N–H and O–H groups in total. The molecular weight excluding hydrogens is 256 g/mol. The van der Waals surface area contributed by atoms with Crippen LogP contribution in [0, 0.1) is 0 Å². The van der Waals surface area contributed by atoms with Crippen LogP contribution in [-0.2, 0) is 6.54 Å². The third kappa shape index (κ3) is 2.43. The average Bonchev–Trinajstić information content (AvgIpc) is 2.68. The van der Waals surface area contributed by atoms with Crippen LogP contribution >= 0.6 is 15.9 Å². The van der Waals surface area contributed by atoms with E-state index in [-0.39, 0.29) is 0 Å². The van der Waals surface area contributed by atoms with E-state index in [1.165, 1.54) is 0 Å². The molecule has 0 amide bonds. The highest BCUT2D eigenvalue weighted by molar-refractivity contribution is 9.10. The maximum atomic E-state index is 4.36. The summed E-state index contributed by atoms with van der Waals surface area (Å²) in [4.78, 5) is 4.36. The van der Waals surface area contributed by atoms with Gasteiger partial charge in [-0.2, -0.15) is 5.10 Å². The number of halogens is 1. The number of rotatable bonds is 3. The molecule has 2 aromatic rings. The highest BCUT2D eigenvalue weighted by atomic mass is 79.9. The summed E-state index contributed by atoms with van der Waals surface area (Å²) in [6, 6.07) is 7.92. The summed E-state index contributed by atoms with van der Waals surface area (Å²) in [5.41, 5.74) is 1.01. The molecule has 5 heteroatoms. The lowest BCUT2D eigenvalue weighted by atomic mass is 10.2. The molecule has 0 saturated carbocycles. The van der Waals surface area contributed by atoms with Crippen molar-refractivity contribution in [3.63, 3.8) is 0 Å². The van der Waals surface area contributed by atoms with Gasteiger partial charge in [-0.1, -0.05) is 28.1 Å². The Morgan fingerprint density at radius 3 is 2.73 bits per heavy atom. The molecule has 0 unspecified atom stereocenters. The molecule has 0 aliphatic carbocycles. The van der Waals surface area contributed by atoms with Crippen molar-refractivity contribution in [2.24, 2.45) is 0 Å². The smallest absolute Gasteiger partial charge is 0.181 e. The number of H-pyrrole nitrogens is 1. The molecule has 0 saturated heterocycles. The second-order valence-corrected chi connectivity index (χ2v) is 4.06. The van der Waals surface area contributed by atoms with Gasteiger partial charge >= 0.3 is 0 Å². The van der Waals surface area contributed by atoms with Gasteiger partial charge in [0.15, 0.2) is 5.82 Å². The van der Waals surface area contributed by atoms with Gasteiger partial charge in [0.05, 0.1) is 6.54 Å². The molecule has 1 aromatic carbocycles. The Labute approximate surface area is 96.3 Å². The van der Waals surface area contributed by atoms with Crippen LogP contribution in [0.15, 0.2) is 28.7 Å². The highest BCUT2D eigenvalue weighted by Crippen LogP contribution is 2.17. The largest absolute Gasteiger partial charge is 0.313 e. The van der Waals surface area contributed by atoms with Crippen molar-refractivity contribution < 1.29 is 0 Å². The summed E-state index contributed by atoms with van der Waals surface area (Å²) in [5.74, 6) is 1.57. The van der Waals surface area contributed by atoms with E-state index in [4.69, 9.17) is 0 Å². The Balaban J connectivity index is 2.25. The Hall–Kier alpha value is -1.20. The summed E-state index contributed by atoms with van der Waals surface area (Å²) >= 11 is 3.39. The maximum absolute atomic E-state index is 4.36. The minimum absolute atomic E-state index is 0.698. The molecule has 0 aliphatic heterocycles. The zero-order valence-corrected chi connectivity index (χ0v) is 9.87. The van der Waals surface area contributed by atoms with Crippen LogP contribution in [-0.4, -0.2) is 22.2 Å². The Kier molecular flexibility index (Phi) is 3.13. The van der Waals surface area contributed by atoms with E-state index in [0.717, 1.165) is 21.7 Å². The molecule has 15 heavy (non-hydrogen) atoms. The number of nitrogens with zero attached hydrogens (tertiary/aromatic N) is 2. The van der Waals surface area contributed by atoms with Gasteiger partial charge in [-0.05, 0) is 19.2 Å². The Morgan fingerprint density at radius 2 is 2.07 bits per heavy atom. The van der Waals surface area contributed by atoms with Crippen molar-refractivity contribution >= 4 is 15.9 Å². The fourth-order valence-electron chi connectivity index (χ4n) is 1.27. The molecular formula is C10H11BrN4.